The molecule has 0 unspecified atom stereocenters. The average Bonchev–Trinajstić information content (AvgIpc) is 3.20. The largest absolute Gasteiger partial charge is 0.368 e. The van der Waals surface area contributed by atoms with E-state index in [1.807, 2.05) is 18.2 Å². The van der Waals surface area contributed by atoms with Crippen LogP contribution in [0, 0.1) is 6.92 Å². The number of aromatic nitrogens is 4. The highest BCUT2D eigenvalue weighted by molar-refractivity contribution is 5.91. The number of nitrogen functional groups attached to an aromatic ring is 1. The van der Waals surface area contributed by atoms with Crippen LogP contribution in [0.5, 0.6) is 0 Å². The zero-order chi connectivity index (χ0) is 21.8. The molecule has 3 aromatic rings. The van der Waals surface area contributed by atoms with Crippen LogP contribution in [0.25, 0.3) is 0 Å². The molecular formula is C21H26N8O2. The molecular weight excluding hydrogens is 396 g/mol. The third-order valence-electron chi connectivity index (χ3n) is 5.21. The third-order valence-corrected chi connectivity index (χ3v) is 5.21. The number of amides is 1. The van der Waals surface area contributed by atoms with Gasteiger partial charge in [0, 0.05) is 37.9 Å². The van der Waals surface area contributed by atoms with Crippen molar-refractivity contribution >= 4 is 23.5 Å². The molecule has 31 heavy (non-hydrogen) atoms. The van der Waals surface area contributed by atoms with Gasteiger partial charge in [-0.25, -0.2) is 0 Å². The second-order valence-electron chi connectivity index (χ2n) is 7.47. The van der Waals surface area contributed by atoms with Gasteiger partial charge in [-0.3, -0.25) is 9.69 Å². The van der Waals surface area contributed by atoms with E-state index < -0.39 is 0 Å². The molecule has 1 aromatic carbocycles. The fourth-order valence-electron chi connectivity index (χ4n) is 3.56. The number of hydrogen-bond acceptors (Lipinski definition) is 9. The second kappa shape index (κ2) is 9.09. The Kier molecular flexibility index (Phi) is 6.08. The summed E-state index contributed by atoms with van der Waals surface area (Å²) < 4.78 is 5.09. The molecule has 3 heterocycles. The highest BCUT2D eigenvalue weighted by Gasteiger charge is 2.25. The van der Waals surface area contributed by atoms with Crippen molar-refractivity contribution in [3.05, 3.63) is 53.2 Å². The summed E-state index contributed by atoms with van der Waals surface area (Å²) in [7, 11) is 0. The van der Waals surface area contributed by atoms with Gasteiger partial charge in [-0.05, 0) is 25.0 Å². The number of carbonyl (C=O) groups is 1. The topological polar surface area (TPSA) is 126 Å². The molecule has 0 saturated carbocycles. The van der Waals surface area contributed by atoms with Crippen LogP contribution in [0.1, 0.15) is 34.6 Å². The lowest BCUT2D eigenvalue weighted by Gasteiger charge is -2.33. The number of anilines is 3. The van der Waals surface area contributed by atoms with Gasteiger partial charge < -0.3 is 20.5 Å². The van der Waals surface area contributed by atoms with Crippen LogP contribution >= 0.6 is 0 Å². The maximum atomic E-state index is 12.5. The monoisotopic (exact) mass is 422 g/mol. The molecule has 162 valence electrons. The molecule has 1 aliphatic heterocycles. The van der Waals surface area contributed by atoms with Gasteiger partial charge in [-0.2, -0.15) is 15.0 Å². The lowest BCUT2D eigenvalue weighted by Crippen LogP contribution is -2.48. The highest BCUT2D eigenvalue weighted by Crippen LogP contribution is 2.20. The van der Waals surface area contributed by atoms with Crippen molar-refractivity contribution in [3.63, 3.8) is 0 Å². The fraction of sp³-hybridized carbons (Fsp3) is 0.381. The highest BCUT2D eigenvalue weighted by atomic mass is 16.5. The molecule has 10 nitrogen and oxygen atoms in total. The Morgan fingerprint density at radius 3 is 2.65 bits per heavy atom. The fourth-order valence-corrected chi connectivity index (χ4v) is 3.56. The summed E-state index contributed by atoms with van der Waals surface area (Å²) >= 11 is 0. The van der Waals surface area contributed by atoms with Gasteiger partial charge in [0.05, 0.1) is 12.2 Å². The van der Waals surface area contributed by atoms with E-state index >= 15 is 0 Å². The molecule has 1 amide bonds. The number of nitrogens with zero attached hydrogens (tertiary/aromatic N) is 6. The lowest BCUT2D eigenvalue weighted by molar-refractivity contribution is 0.0586. The number of piperazine rings is 1. The van der Waals surface area contributed by atoms with Crippen LogP contribution in [-0.2, 0) is 13.0 Å². The predicted octanol–water partition coefficient (Wildman–Crippen LogP) is 2.01. The molecule has 1 aliphatic rings. The van der Waals surface area contributed by atoms with Gasteiger partial charge in [-0.1, -0.05) is 30.3 Å². The molecule has 1 saturated heterocycles. The number of carbonyl (C=O) groups excluding carboxylic acids is 1. The van der Waals surface area contributed by atoms with E-state index in [-0.39, 0.29) is 17.6 Å². The Balaban J connectivity index is 1.38. The van der Waals surface area contributed by atoms with Crippen LogP contribution in [0.3, 0.4) is 0 Å². The maximum Gasteiger partial charge on any atom is 0.292 e. The Hall–Kier alpha value is -3.53. The Labute approximate surface area is 180 Å². The van der Waals surface area contributed by atoms with E-state index in [1.54, 1.807) is 17.9 Å². The zero-order valence-corrected chi connectivity index (χ0v) is 17.7. The molecule has 0 bridgehead atoms. The summed E-state index contributed by atoms with van der Waals surface area (Å²) in [6, 6.07) is 9.69. The summed E-state index contributed by atoms with van der Waals surface area (Å²) in [5, 5.41) is 7.04. The van der Waals surface area contributed by atoms with Crippen molar-refractivity contribution in [3.8, 4) is 0 Å². The summed E-state index contributed by atoms with van der Waals surface area (Å²) in [5.41, 5.74) is 8.75. The van der Waals surface area contributed by atoms with E-state index in [9.17, 15) is 4.79 Å². The van der Waals surface area contributed by atoms with Crippen LogP contribution in [-0.4, -0.2) is 62.0 Å². The Bertz CT molecular complexity index is 1060. The minimum atomic E-state index is -0.134. The molecule has 10 heteroatoms. The van der Waals surface area contributed by atoms with E-state index in [1.165, 1.54) is 5.56 Å². The van der Waals surface area contributed by atoms with Crippen molar-refractivity contribution in [2.75, 3.05) is 37.2 Å². The van der Waals surface area contributed by atoms with Crippen LogP contribution in [0.15, 0.2) is 34.9 Å². The van der Waals surface area contributed by atoms with E-state index in [0.717, 1.165) is 12.1 Å². The SMILES string of the molecule is CCc1ccccc1Nc1nc(N)nc(CN2CCN(C(=O)c3cc(C)no3)CC2)n1. The van der Waals surface area contributed by atoms with Crippen LogP contribution in [0.4, 0.5) is 17.6 Å². The van der Waals surface area contributed by atoms with Crippen molar-refractivity contribution in [1.29, 1.82) is 0 Å². The average molecular weight is 422 g/mol. The lowest BCUT2D eigenvalue weighted by atomic mass is 10.1. The van der Waals surface area contributed by atoms with E-state index in [4.69, 9.17) is 10.3 Å². The van der Waals surface area contributed by atoms with E-state index in [0.29, 0.717) is 50.2 Å². The van der Waals surface area contributed by atoms with Gasteiger partial charge in [-0.15, -0.1) is 0 Å². The molecule has 0 spiro atoms. The van der Waals surface area contributed by atoms with Crippen molar-refractivity contribution in [2.45, 2.75) is 26.8 Å². The normalized spacial score (nSPS) is 14.6. The summed E-state index contributed by atoms with van der Waals surface area (Å²) in [6.07, 6.45) is 0.896. The first-order chi connectivity index (χ1) is 15.0. The minimum absolute atomic E-state index is 0.134. The Morgan fingerprint density at radius 2 is 1.94 bits per heavy atom. The number of hydrogen-bond donors (Lipinski definition) is 2. The van der Waals surface area contributed by atoms with Crippen molar-refractivity contribution < 1.29 is 9.32 Å². The summed E-state index contributed by atoms with van der Waals surface area (Å²) in [6.45, 7) is 7.00. The van der Waals surface area contributed by atoms with Gasteiger partial charge >= 0.3 is 0 Å². The zero-order valence-electron chi connectivity index (χ0n) is 17.7. The molecule has 0 radical (unpaired) electrons. The molecule has 3 N–H and O–H groups in total. The maximum absolute atomic E-state index is 12.5. The van der Waals surface area contributed by atoms with Gasteiger partial charge in [0.2, 0.25) is 17.7 Å². The molecule has 0 aliphatic carbocycles. The predicted molar refractivity (Wildman–Crippen MR) is 116 cm³/mol. The smallest absolute Gasteiger partial charge is 0.292 e. The quantitative estimate of drug-likeness (QED) is 0.613. The number of aryl methyl sites for hydroxylation is 2. The summed E-state index contributed by atoms with van der Waals surface area (Å²) in [5.74, 6) is 1.34. The van der Waals surface area contributed by atoms with Gasteiger partial charge in [0.1, 0.15) is 5.82 Å². The van der Waals surface area contributed by atoms with E-state index in [2.05, 4.69) is 43.3 Å². The van der Waals surface area contributed by atoms with Crippen LogP contribution < -0.4 is 11.1 Å². The number of benzene rings is 1. The van der Waals surface area contributed by atoms with Gasteiger partial charge in [0.25, 0.3) is 5.91 Å². The molecule has 0 atom stereocenters. The second-order valence-corrected chi connectivity index (χ2v) is 7.47. The number of rotatable bonds is 6. The van der Waals surface area contributed by atoms with Crippen molar-refractivity contribution in [1.82, 2.24) is 29.9 Å². The van der Waals surface area contributed by atoms with Gasteiger partial charge in [0.15, 0.2) is 0 Å². The summed E-state index contributed by atoms with van der Waals surface area (Å²) in [4.78, 5) is 29.5. The molecule has 2 aromatic heterocycles. The third kappa shape index (κ3) is 4.97. The first kappa shape index (κ1) is 20.7. The first-order valence-electron chi connectivity index (χ1n) is 10.3. The Morgan fingerprint density at radius 1 is 1.16 bits per heavy atom. The standard InChI is InChI=1S/C21H26N8O2/c1-3-15-6-4-5-7-16(15)23-21-25-18(24-20(22)26-21)13-28-8-10-29(11-9-28)19(30)17-12-14(2)27-31-17/h4-7,12H,3,8-11,13H2,1-2H3,(H3,22,23,24,25,26). The minimum Gasteiger partial charge on any atom is -0.368 e. The first-order valence-corrected chi connectivity index (χ1v) is 10.3. The number of nitrogens with one attached hydrogen (secondary N) is 1. The number of para-hydroxylation sites is 1. The molecule has 1 fully saturated rings. The number of nitrogens with two attached hydrogens (primary N) is 1. The van der Waals surface area contributed by atoms with Crippen molar-refractivity contribution in [2.24, 2.45) is 0 Å². The molecule has 4 rings (SSSR count). The van der Waals surface area contributed by atoms with Crippen LogP contribution in [0.2, 0.25) is 0 Å².